The summed E-state index contributed by atoms with van der Waals surface area (Å²) in [5, 5.41) is 12.2. The molecule has 0 bridgehead atoms. The van der Waals surface area contributed by atoms with E-state index in [0.717, 1.165) is 30.4 Å². The van der Waals surface area contributed by atoms with E-state index in [0.29, 0.717) is 5.41 Å². The number of benzene rings is 1. The zero-order valence-electron chi connectivity index (χ0n) is 21.1. The average Bonchev–Trinajstić information content (AvgIpc) is 2.74. The SMILES string of the molecule is CCc1cc([C@]2(C)NC(=O)N(CCC(=O)O)C=C2C(C)C)ccc1C=C1CCC(C)(C)CC1. The van der Waals surface area contributed by atoms with Crippen LogP contribution in [-0.4, -0.2) is 28.6 Å². The number of urea groups is 1. The maximum Gasteiger partial charge on any atom is 0.322 e. The molecule has 1 atom stereocenters. The number of aliphatic carboxylic acids is 1. The number of nitrogens with one attached hydrogen (secondary N) is 1. The van der Waals surface area contributed by atoms with Crippen molar-refractivity contribution in [3.05, 3.63) is 52.2 Å². The van der Waals surface area contributed by atoms with Gasteiger partial charge in [0.2, 0.25) is 0 Å². The van der Waals surface area contributed by atoms with Crippen molar-refractivity contribution < 1.29 is 14.7 Å². The number of amides is 2. The maximum absolute atomic E-state index is 12.9. The molecule has 33 heavy (non-hydrogen) atoms. The third-order valence-electron chi connectivity index (χ3n) is 7.39. The van der Waals surface area contributed by atoms with Crippen LogP contribution in [0.25, 0.3) is 6.08 Å². The predicted molar refractivity (Wildman–Crippen MR) is 134 cm³/mol. The van der Waals surface area contributed by atoms with Gasteiger partial charge in [0.15, 0.2) is 0 Å². The van der Waals surface area contributed by atoms with E-state index in [2.05, 4.69) is 71.1 Å². The first-order valence-corrected chi connectivity index (χ1v) is 12.3. The minimum absolute atomic E-state index is 0.0768. The highest BCUT2D eigenvalue weighted by Crippen LogP contribution is 2.40. The van der Waals surface area contributed by atoms with E-state index in [-0.39, 0.29) is 24.9 Å². The summed E-state index contributed by atoms with van der Waals surface area (Å²) in [4.78, 5) is 25.4. The van der Waals surface area contributed by atoms with Crippen LogP contribution in [0.15, 0.2) is 35.5 Å². The molecule has 0 saturated heterocycles. The second-order valence-electron chi connectivity index (χ2n) is 10.9. The first-order chi connectivity index (χ1) is 15.4. The molecule has 3 rings (SSSR count). The molecular weight excluding hydrogens is 412 g/mol. The summed E-state index contributed by atoms with van der Waals surface area (Å²) < 4.78 is 0. The summed E-state index contributed by atoms with van der Waals surface area (Å²) in [5.74, 6) is -0.713. The topological polar surface area (TPSA) is 69.6 Å². The lowest BCUT2D eigenvalue weighted by atomic mass is 9.75. The van der Waals surface area contributed by atoms with Gasteiger partial charge in [-0.1, -0.05) is 64.5 Å². The number of allylic oxidation sites excluding steroid dienone is 1. The lowest BCUT2D eigenvalue weighted by Gasteiger charge is -2.42. The minimum atomic E-state index is -0.908. The van der Waals surface area contributed by atoms with Crippen LogP contribution in [-0.2, 0) is 16.8 Å². The summed E-state index contributed by atoms with van der Waals surface area (Å²) in [6.07, 6.45) is 9.90. The number of aryl methyl sites for hydroxylation is 1. The first kappa shape index (κ1) is 25.1. The first-order valence-electron chi connectivity index (χ1n) is 12.3. The van der Waals surface area contributed by atoms with Gasteiger partial charge in [0.25, 0.3) is 0 Å². The molecule has 1 aromatic carbocycles. The van der Waals surface area contributed by atoms with Gasteiger partial charge >= 0.3 is 12.0 Å². The molecule has 2 amide bonds. The van der Waals surface area contributed by atoms with Crippen molar-refractivity contribution in [3.63, 3.8) is 0 Å². The zero-order valence-corrected chi connectivity index (χ0v) is 21.1. The fourth-order valence-corrected chi connectivity index (χ4v) is 5.04. The largest absolute Gasteiger partial charge is 0.481 e. The van der Waals surface area contributed by atoms with Gasteiger partial charge in [-0.15, -0.1) is 0 Å². The number of nitrogens with zero attached hydrogens (tertiary/aromatic N) is 1. The Morgan fingerprint density at radius 1 is 1.21 bits per heavy atom. The molecule has 1 aromatic rings. The van der Waals surface area contributed by atoms with Crippen molar-refractivity contribution in [3.8, 4) is 0 Å². The van der Waals surface area contributed by atoms with Crippen LogP contribution >= 0.6 is 0 Å². The summed E-state index contributed by atoms with van der Waals surface area (Å²) in [6, 6.07) is 6.33. The molecule has 1 aliphatic heterocycles. The van der Waals surface area contributed by atoms with Gasteiger partial charge in [0, 0.05) is 12.7 Å². The third-order valence-corrected chi connectivity index (χ3v) is 7.39. The number of rotatable bonds is 7. The van der Waals surface area contributed by atoms with Crippen LogP contribution in [0.4, 0.5) is 4.79 Å². The molecule has 1 saturated carbocycles. The summed E-state index contributed by atoms with van der Waals surface area (Å²) in [7, 11) is 0. The summed E-state index contributed by atoms with van der Waals surface area (Å²) in [5.41, 5.74) is 6.06. The Balaban J connectivity index is 1.93. The second kappa shape index (κ2) is 9.74. The molecule has 1 aliphatic carbocycles. The Bertz CT molecular complexity index is 961. The van der Waals surface area contributed by atoms with E-state index < -0.39 is 11.5 Å². The van der Waals surface area contributed by atoms with E-state index >= 15 is 0 Å². The summed E-state index contributed by atoms with van der Waals surface area (Å²) in [6.45, 7) is 13.3. The molecular formula is C28H40N2O3. The van der Waals surface area contributed by atoms with Crippen molar-refractivity contribution in [1.29, 1.82) is 0 Å². The Kier molecular flexibility index (Phi) is 7.40. The van der Waals surface area contributed by atoms with Crippen LogP contribution in [0.1, 0.15) is 90.3 Å². The van der Waals surface area contributed by atoms with Crippen LogP contribution < -0.4 is 5.32 Å². The van der Waals surface area contributed by atoms with Crippen molar-refractivity contribution >= 4 is 18.1 Å². The van der Waals surface area contributed by atoms with Gasteiger partial charge in [-0.05, 0) is 72.6 Å². The van der Waals surface area contributed by atoms with E-state index in [1.165, 1.54) is 34.4 Å². The number of carbonyl (C=O) groups is 2. The molecule has 2 aliphatic rings. The van der Waals surface area contributed by atoms with Gasteiger partial charge in [0.05, 0.1) is 12.0 Å². The van der Waals surface area contributed by atoms with Gasteiger partial charge in [-0.25, -0.2) is 4.79 Å². The molecule has 1 heterocycles. The summed E-state index contributed by atoms with van der Waals surface area (Å²) >= 11 is 0. The van der Waals surface area contributed by atoms with Gasteiger partial charge in [-0.3, -0.25) is 4.79 Å². The molecule has 0 spiro atoms. The van der Waals surface area contributed by atoms with E-state index in [1.54, 1.807) is 0 Å². The van der Waals surface area contributed by atoms with E-state index in [4.69, 9.17) is 5.11 Å². The average molecular weight is 453 g/mol. The third kappa shape index (κ3) is 5.69. The van der Waals surface area contributed by atoms with Crippen molar-refractivity contribution in [1.82, 2.24) is 10.2 Å². The van der Waals surface area contributed by atoms with Crippen molar-refractivity contribution in [2.24, 2.45) is 11.3 Å². The predicted octanol–water partition coefficient (Wildman–Crippen LogP) is 6.49. The van der Waals surface area contributed by atoms with Crippen molar-refractivity contribution in [2.75, 3.05) is 6.54 Å². The standard InChI is InChI=1S/C28H40N2O3/c1-7-21-17-23(9-8-22(21)16-20-10-13-27(4,5)14-11-20)28(6)24(19(2)3)18-30(26(33)29-28)15-12-25(31)32/h8-9,16-19H,7,10-15H2,1-6H3,(H,29,33)(H,31,32)/t28-/m0/s1. The fraction of sp³-hybridized carbons (Fsp3) is 0.571. The van der Waals surface area contributed by atoms with Crippen molar-refractivity contribution in [2.45, 2.75) is 85.6 Å². The number of carboxylic acids is 1. The highest BCUT2D eigenvalue weighted by Gasteiger charge is 2.39. The zero-order chi connectivity index (χ0) is 24.4. The molecule has 0 unspecified atom stereocenters. The van der Waals surface area contributed by atoms with Gasteiger partial charge in [-0.2, -0.15) is 0 Å². The van der Waals surface area contributed by atoms with Gasteiger partial charge in [0.1, 0.15) is 0 Å². The lowest BCUT2D eigenvalue weighted by molar-refractivity contribution is -0.137. The molecule has 5 heteroatoms. The highest BCUT2D eigenvalue weighted by molar-refractivity contribution is 5.80. The normalized spacial score (nSPS) is 22.8. The number of hydrogen-bond acceptors (Lipinski definition) is 2. The Morgan fingerprint density at radius 3 is 2.45 bits per heavy atom. The second-order valence-corrected chi connectivity index (χ2v) is 10.9. The minimum Gasteiger partial charge on any atom is -0.481 e. The fourth-order valence-electron chi connectivity index (χ4n) is 5.04. The van der Waals surface area contributed by atoms with E-state index in [9.17, 15) is 9.59 Å². The van der Waals surface area contributed by atoms with Crippen LogP contribution in [0.5, 0.6) is 0 Å². The Hall–Kier alpha value is -2.56. The van der Waals surface area contributed by atoms with E-state index in [1.807, 2.05) is 6.20 Å². The highest BCUT2D eigenvalue weighted by atomic mass is 16.4. The Morgan fingerprint density at radius 2 is 1.88 bits per heavy atom. The molecule has 0 radical (unpaired) electrons. The van der Waals surface area contributed by atoms with Crippen LogP contribution in [0.2, 0.25) is 0 Å². The number of carbonyl (C=O) groups excluding carboxylic acids is 1. The maximum atomic E-state index is 12.9. The molecule has 180 valence electrons. The molecule has 1 fully saturated rings. The molecule has 5 nitrogen and oxygen atoms in total. The monoisotopic (exact) mass is 452 g/mol. The smallest absolute Gasteiger partial charge is 0.322 e. The van der Waals surface area contributed by atoms with Crippen LogP contribution in [0.3, 0.4) is 0 Å². The Labute approximate surface area is 198 Å². The lowest BCUT2D eigenvalue weighted by Crippen LogP contribution is -2.55. The number of hydrogen-bond donors (Lipinski definition) is 2. The number of carboxylic acid groups (broad SMARTS) is 1. The van der Waals surface area contributed by atoms with Crippen LogP contribution in [0, 0.1) is 11.3 Å². The molecule has 0 aromatic heterocycles. The van der Waals surface area contributed by atoms with Gasteiger partial charge < -0.3 is 15.3 Å². The quantitative estimate of drug-likeness (QED) is 0.497. The molecule has 2 N–H and O–H groups in total.